The molecule has 0 unspecified atom stereocenters. The lowest BCUT2D eigenvalue weighted by Gasteiger charge is -2.20. The van der Waals surface area contributed by atoms with E-state index in [1.807, 2.05) is 42.3 Å². The first-order valence-electron chi connectivity index (χ1n) is 7.97. The minimum Gasteiger partial charge on any atom is -0.325 e. The van der Waals surface area contributed by atoms with Crippen molar-refractivity contribution in [3.05, 3.63) is 65.7 Å². The summed E-state index contributed by atoms with van der Waals surface area (Å²) in [5.74, 6) is 0.00464. The number of anilines is 1. The fourth-order valence-corrected chi connectivity index (χ4v) is 2.44. The molecule has 23 heavy (non-hydrogen) atoms. The number of carbonyl (C=O) groups excluding carboxylic acids is 1. The highest BCUT2D eigenvalue weighted by Gasteiger charge is 2.13. The molecule has 2 aromatic carbocycles. The standard InChI is InChI=1S/C20H26N2O/c1-20(2,3)17-12-10-16(11-13-17)14-22(4)15-19(23)21-18-8-6-5-7-9-18/h5-13H,14-15H2,1-4H3,(H,21,23). The lowest BCUT2D eigenvalue weighted by molar-refractivity contribution is -0.117. The van der Waals surface area contributed by atoms with Crippen molar-refractivity contribution in [2.45, 2.75) is 32.7 Å². The van der Waals surface area contributed by atoms with E-state index in [1.165, 1.54) is 11.1 Å². The van der Waals surface area contributed by atoms with Crippen LogP contribution in [0.2, 0.25) is 0 Å². The molecule has 1 N–H and O–H groups in total. The molecular weight excluding hydrogens is 284 g/mol. The van der Waals surface area contributed by atoms with E-state index in [-0.39, 0.29) is 11.3 Å². The van der Waals surface area contributed by atoms with Gasteiger partial charge in [0.05, 0.1) is 6.54 Å². The first-order chi connectivity index (χ1) is 10.8. The Hall–Kier alpha value is -2.13. The molecule has 3 heteroatoms. The van der Waals surface area contributed by atoms with Crippen LogP contribution in [-0.2, 0) is 16.8 Å². The third-order valence-corrected chi connectivity index (χ3v) is 3.74. The zero-order chi connectivity index (χ0) is 16.9. The van der Waals surface area contributed by atoms with Crippen molar-refractivity contribution in [3.8, 4) is 0 Å². The van der Waals surface area contributed by atoms with E-state index >= 15 is 0 Å². The molecule has 0 heterocycles. The van der Waals surface area contributed by atoms with Crippen molar-refractivity contribution in [1.29, 1.82) is 0 Å². The summed E-state index contributed by atoms with van der Waals surface area (Å²) in [4.78, 5) is 14.1. The maximum Gasteiger partial charge on any atom is 0.238 e. The molecule has 0 spiro atoms. The summed E-state index contributed by atoms with van der Waals surface area (Å²) in [7, 11) is 1.96. The summed E-state index contributed by atoms with van der Waals surface area (Å²) in [6, 6.07) is 18.2. The third kappa shape index (κ3) is 5.53. The summed E-state index contributed by atoms with van der Waals surface area (Å²) in [6.07, 6.45) is 0. The van der Waals surface area contributed by atoms with Crippen LogP contribution in [0.15, 0.2) is 54.6 Å². The molecule has 2 rings (SSSR count). The van der Waals surface area contributed by atoms with E-state index in [9.17, 15) is 4.79 Å². The van der Waals surface area contributed by atoms with Gasteiger partial charge in [-0.25, -0.2) is 0 Å². The van der Waals surface area contributed by atoms with Crippen LogP contribution in [0, 0.1) is 0 Å². The molecule has 0 atom stereocenters. The Morgan fingerprint density at radius 2 is 1.61 bits per heavy atom. The zero-order valence-corrected chi connectivity index (χ0v) is 14.5. The second-order valence-corrected chi connectivity index (χ2v) is 7.03. The van der Waals surface area contributed by atoms with E-state index < -0.39 is 0 Å². The number of nitrogens with zero attached hydrogens (tertiary/aromatic N) is 1. The molecule has 3 nitrogen and oxygen atoms in total. The average Bonchev–Trinajstić information content (AvgIpc) is 2.47. The van der Waals surface area contributed by atoms with E-state index in [0.717, 1.165) is 12.2 Å². The number of benzene rings is 2. The fourth-order valence-electron chi connectivity index (χ4n) is 2.44. The minimum absolute atomic E-state index is 0.00464. The van der Waals surface area contributed by atoms with Gasteiger partial charge in [0.25, 0.3) is 0 Å². The largest absolute Gasteiger partial charge is 0.325 e. The number of carbonyl (C=O) groups is 1. The highest BCUT2D eigenvalue weighted by atomic mass is 16.2. The van der Waals surface area contributed by atoms with Gasteiger partial charge < -0.3 is 5.32 Å². The monoisotopic (exact) mass is 310 g/mol. The highest BCUT2D eigenvalue weighted by molar-refractivity contribution is 5.92. The normalized spacial score (nSPS) is 11.5. The van der Waals surface area contributed by atoms with Gasteiger partial charge in [-0.1, -0.05) is 63.2 Å². The summed E-state index contributed by atoms with van der Waals surface area (Å²) in [5, 5.41) is 2.91. The molecule has 0 aliphatic heterocycles. The van der Waals surface area contributed by atoms with Gasteiger partial charge in [-0.05, 0) is 35.7 Å². The molecule has 0 aliphatic rings. The molecular formula is C20H26N2O. The topological polar surface area (TPSA) is 32.3 Å². The molecule has 122 valence electrons. The van der Waals surface area contributed by atoms with Crippen molar-refractivity contribution in [1.82, 2.24) is 4.90 Å². The van der Waals surface area contributed by atoms with Crippen LogP contribution in [0.25, 0.3) is 0 Å². The molecule has 0 aliphatic carbocycles. The molecule has 0 radical (unpaired) electrons. The van der Waals surface area contributed by atoms with Crippen molar-refractivity contribution in [2.24, 2.45) is 0 Å². The predicted octanol–water partition coefficient (Wildman–Crippen LogP) is 4.05. The second-order valence-electron chi connectivity index (χ2n) is 7.03. The van der Waals surface area contributed by atoms with E-state index in [1.54, 1.807) is 0 Å². The Morgan fingerprint density at radius 3 is 2.17 bits per heavy atom. The van der Waals surface area contributed by atoms with E-state index in [0.29, 0.717) is 6.54 Å². The number of likely N-dealkylation sites (N-methyl/N-ethyl adjacent to an activating group) is 1. The predicted molar refractivity (Wildman–Crippen MR) is 96.5 cm³/mol. The second kappa shape index (κ2) is 7.42. The van der Waals surface area contributed by atoms with Crippen LogP contribution >= 0.6 is 0 Å². The fraction of sp³-hybridized carbons (Fsp3) is 0.350. The van der Waals surface area contributed by atoms with Gasteiger partial charge in [-0.15, -0.1) is 0 Å². The Labute approximate surface area is 139 Å². The molecule has 1 amide bonds. The third-order valence-electron chi connectivity index (χ3n) is 3.74. The smallest absolute Gasteiger partial charge is 0.238 e. The average molecular weight is 310 g/mol. The van der Waals surface area contributed by atoms with Crippen molar-refractivity contribution in [3.63, 3.8) is 0 Å². The van der Waals surface area contributed by atoms with E-state index in [4.69, 9.17) is 0 Å². The van der Waals surface area contributed by atoms with Crippen LogP contribution in [0.5, 0.6) is 0 Å². The number of amides is 1. The highest BCUT2D eigenvalue weighted by Crippen LogP contribution is 2.22. The minimum atomic E-state index is 0.00464. The quantitative estimate of drug-likeness (QED) is 0.903. The molecule has 0 saturated heterocycles. The number of hydrogen-bond donors (Lipinski definition) is 1. The van der Waals surface area contributed by atoms with Gasteiger partial charge in [0.1, 0.15) is 0 Å². The van der Waals surface area contributed by atoms with Gasteiger partial charge >= 0.3 is 0 Å². The first-order valence-corrected chi connectivity index (χ1v) is 7.97. The summed E-state index contributed by atoms with van der Waals surface area (Å²) in [5.41, 5.74) is 3.54. The Morgan fingerprint density at radius 1 is 1.00 bits per heavy atom. The molecule has 0 aromatic heterocycles. The summed E-state index contributed by atoms with van der Waals surface area (Å²) < 4.78 is 0. The van der Waals surface area contributed by atoms with Crippen LogP contribution in [0.4, 0.5) is 5.69 Å². The SMILES string of the molecule is CN(CC(=O)Nc1ccccc1)Cc1ccc(C(C)(C)C)cc1. The van der Waals surface area contributed by atoms with Crippen molar-refractivity contribution >= 4 is 11.6 Å². The van der Waals surface area contributed by atoms with Crippen LogP contribution in [-0.4, -0.2) is 24.4 Å². The lowest BCUT2D eigenvalue weighted by atomic mass is 9.87. The number of rotatable bonds is 5. The number of hydrogen-bond acceptors (Lipinski definition) is 2. The lowest BCUT2D eigenvalue weighted by Crippen LogP contribution is -2.29. The van der Waals surface area contributed by atoms with Crippen LogP contribution in [0.1, 0.15) is 31.9 Å². The summed E-state index contributed by atoms with van der Waals surface area (Å²) in [6.45, 7) is 7.76. The summed E-state index contributed by atoms with van der Waals surface area (Å²) >= 11 is 0. The zero-order valence-electron chi connectivity index (χ0n) is 14.5. The molecule has 0 saturated carbocycles. The number of nitrogens with one attached hydrogen (secondary N) is 1. The molecule has 2 aromatic rings. The Balaban J connectivity index is 1.87. The van der Waals surface area contributed by atoms with Crippen molar-refractivity contribution < 1.29 is 4.79 Å². The van der Waals surface area contributed by atoms with Gasteiger partial charge in [-0.2, -0.15) is 0 Å². The van der Waals surface area contributed by atoms with Crippen molar-refractivity contribution in [2.75, 3.05) is 18.9 Å². The van der Waals surface area contributed by atoms with Gasteiger partial charge in [0.2, 0.25) is 5.91 Å². The van der Waals surface area contributed by atoms with Crippen LogP contribution < -0.4 is 5.32 Å². The van der Waals surface area contributed by atoms with Gasteiger partial charge in [-0.3, -0.25) is 9.69 Å². The first kappa shape index (κ1) is 17.2. The Bertz CT molecular complexity index is 627. The van der Waals surface area contributed by atoms with Gasteiger partial charge in [0.15, 0.2) is 0 Å². The molecule has 0 fully saturated rings. The van der Waals surface area contributed by atoms with Crippen LogP contribution in [0.3, 0.4) is 0 Å². The van der Waals surface area contributed by atoms with E-state index in [2.05, 4.69) is 50.4 Å². The maximum absolute atomic E-state index is 12.0. The Kier molecular flexibility index (Phi) is 5.56. The number of para-hydroxylation sites is 1. The molecule has 0 bridgehead atoms. The van der Waals surface area contributed by atoms with Gasteiger partial charge in [0, 0.05) is 12.2 Å². The maximum atomic E-state index is 12.0.